The standard InChI is InChI=1S/C14H25N3/c1-13(2,3)17-10-8-16(9-11-17)12-14(4-5-14)6-7-15/h4-6,8-12H2,1-3H3. The van der Waals surface area contributed by atoms with Crippen molar-refractivity contribution >= 4 is 0 Å². The molecule has 1 aliphatic heterocycles. The van der Waals surface area contributed by atoms with Gasteiger partial charge in [0.2, 0.25) is 0 Å². The fraction of sp³-hybridized carbons (Fsp3) is 0.929. The Hall–Kier alpha value is -0.590. The Labute approximate surface area is 105 Å². The maximum Gasteiger partial charge on any atom is 0.0628 e. The number of nitriles is 1. The van der Waals surface area contributed by atoms with E-state index in [9.17, 15) is 0 Å². The third-order valence-electron chi connectivity index (χ3n) is 4.29. The smallest absolute Gasteiger partial charge is 0.0628 e. The van der Waals surface area contributed by atoms with E-state index in [2.05, 4.69) is 36.6 Å². The summed E-state index contributed by atoms with van der Waals surface area (Å²) < 4.78 is 0. The van der Waals surface area contributed by atoms with Crippen molar-refractivity contribution in [3.05, 3.63) is 0 Å². The van der Waals surface area contributed by atoms with E-state index in [4.69, 9.17) is 5.26 Å². The largest absolute Gasteiger partial charge is 0.300 e. The molecular formula is C14H25N3. The molecule has 0 spiro atoms. The number of nitrogens with zero attached hydrogens (tertiary/aromatic N) is 3. The zero-order valence-electron chi connectivity index (χ0n) is 11.5. The topological polar surface area (TPSA) is 30.3 Å². The summed E-state index contributed by atoms with van der Waals surface area (Å²) in [6.07, 6.45) is 3.28. The molecule has 0 aromatic rings. The average molecular weight is 235 g/mol. The van der Waals surface area contributed by atoms with Crippen molar-refractivity contribution in [3.63, 3.8) is 0 Å². The molecule has 0 atom stereocenters. The van der Waals surface area contributed by atoms with E-state index < -0.39 is 0 Å². The van der Waals surface area contributed by atoms with E-state index in [1.165, 1.54) is 39.0 Å². The lowest BCUT2D eigenvalue weighted by Gasteiger charge is -2.43. The zero-order chi connectivity index (χ0) is 12.5. The lowest BCUT2D eigenvalue weighted by molar-refractivity contribution is 0.0534. The van der Waals surface area contributed by atoms with Crippen molar-refractivity contribution in [2.24, 2.45) is 5.41 Å². The van der Waals surface area contributed by atoms with Crippen LogP contribution in [0.25, 0.3) is 0 Å². The van der Waals surface area contributed by atoms with E-state index in [1.807, 2.05) is 0 Å². The van der Waals surface area contributed by atoms with E-state index in [0.717, 1.165) is 13.0 Å². The van der Waals surface area contributed by atoms with Gasteiger partial charge in [-0.1, -0.05) is 0 Å². The van der Waals surface area contributed by atoms with Crippen LogP contribution >= 0.6 is 0 Å². The predicted octanol–water partition coefficient (Wildman–Crippen LogP) is 2.10. The van der Waals surface area contributed by atoms with Crippen LogP contribution in [0, 0.1) is 16.7 Å². The molecule has 2 rings (SSSR count). The molecule has 1 saturated heterocycles. The molecule has 2 fully saturated rings. The fourth-order valence-corrected chi connectivity index (χ4v) is 2.79. The third-order valence-corrected chi connectivity index (χ3v) is 4.29. The Balaban J connectivity index is 1.78. The summed E-state index contributed by atoms with van der Waals surface area (Å²) in [7, 11) is 0. The van der Waals surface area contributed by atoms with E-state index >= 15 is 0 Å². The molecule has 3 nitrogen and oxygen atoms in total. The average Bonchev–Trinajstić information content (AvgIpc) is 2.98. The Kier molecular flexibility index (Phi) is 3.47. The van der Waals surface area contributed by atoms with Gasteiger partial charge in [0.15, 0.2) is 0 Å². The maximum absolute atomic E-state index is 8.84. The molecule has 0 aromatic carbocycles. The SMILES string of the molecule is CC(C)(C)N1CCN(CC2(CC#N)CC2)CC1. The van der Waals surface area contributed by atoms with Crippen LogP contribution in [0.5, 0.6) is 0 Å². The van der Waals surface area contributed by atoms with Crippen molar-refractivity contribution in [3.8, 4) is 6.07 Å². The highest BCUT2D eigenvalue weighted by Crippen LogP contribution is 2.49. The highest BCUT2D eigenvalue weighted by atomic mass is 15.3. The van der Waals surface area contributed by atoms with Gasteiger partial charge in [-0.15, -0.1) is 0 Å². The molecule has 0 aromatic heterocycles. The monoisotopic (exact) mass is 235 g/mol. The summed E-state index contributed by atoms with van der Waals surface area (Å²) >= 11 is 0. The third kappa shape index (κ3) is 3.20. The highest BCUT2D eigenvalue weighted by molar-refractivity contribution is 5.01. The van der Waals surface area contributed by atoms with E-state index in [1.54, 1.807) is 0 Å². The first kappa shape index (κ1) is 12.9. The lowest BCUT2D eigenvalue weighted by atomic mass is 10.0. The second-order valence-corrected chi connectivity index (χ2v) is 6.77. The Bertz CT molecular complexity index is 298. The van der Waals surface area contributed by atoms with Crippen LogP contribution in [0.4, 0.5) is 0 Å². The Morgan fingerprint density at radius 3 is 2.12 bits per heavy atom. The van der Waals surface area contributed by atoms with Gasteiger partial charge < -0.3 is 4.90 Å². The predicted molar refractivity (Wildman–Crippen MR) is 69.7 cm³/mol. The summed E-state index contributed by atoms with van der Waals surface area (Å²) in [4.78, 5) is 5.12. The van der Waals surface area contributed by atoms with Gasteiger partial charge in [-0.2, -0.15) is 5.26 Å². The first-order valence-corrected chi connectivity index (χ1v) is 6.80. The fourth-order valence-electron chi connectivity index (χ4n) is 2.79. The first-order chi connectivity index (χ1) is 7.95. The summed E-state index contributed by atoms with van der Waals surface area (Å²) in [6, 6.07) is 2.36. The number of hydrogen-bond acceptors (Lipinski definition) is 3. The number of rotatable bonds is 3. The molecule has 0 amide bonds. The quantitative estimate of drug-likeness (QED) is 0.750. The molecule has 0 unspecified atom stereocenters. The van der Waals surface area contributed by atoms with E-state index in [-0.39, 0.29) is 0 Å². The van der Waals surface area contributed by atoms with Crippen molar-refractivity contribution < 1.29 is 0 Å². The van der Waals surface area contributed by atoms with Crippen molar-refractivity contribution in [1.82, 2.24) is 9.80 Å². The minimum Gasteiger partial charge on any atom is -0.300 e. The van der Waals surface area contributed by atoms with Gasteiger partial charge in [0, 0.05) is 44.7 Å². The van der Waals surface area contributed by atoms with E-state index in [0.29, 0.717) is 11.0 Å². The molecule has 0 bridgehead atoms. The molecule has 17 heavy (non-hydrogen) atoms. The molecule has 1 saturated carbocycles. The summed E-state index contributed by atoms with van der Waals surface area (Å²) in [5.41, 5.74) is 0.675. The number of hydrogen-bond donors (Lipinski definition) is 0. The van der Waals surface area contributed by atoms with Crippen LogP contribution in [0.1, 0.15) is 40.0 Å². The van der Waals surface area contributed by atoms with Crippen LogP contribution in [-0.4, -0.2) is 48.1 Å². The molecule has 0 radical (unpaired) electrons. The van der Waals surface area contributed by atoms with Gasteiger partial charge in [-0.3, -0.25) is 4.90 Å². The van der Waals surface area contributed by atoms with Gasteiger partial charge in [0.05, 0.1) is 6.07 Å². The lowest BCUT2D eigenvalue weighted by Crippen LogP contribution is -2.54. The second kappa shape index (κ2) is 4.59. The molecule has 96 valence electrons. The van der Waals surface area contributed by atoms with Crippen molar-refractivity contribution in [2.45, 2.75) is 45.6 Å². The molecule has 0 N–H and O–H groups in total. The van der Waals surface area contributed by atoms with Gasteiger partial charge in [-0.05, 0) is 39.0 Å². The van der Waals surface area contributed by atoms with Crippen molar-refractivity contribution in [1.29, 1.82) is 5.26 Å². The van der Waals surface area contributed by atoms with Crippen LogP contribution in [-0.2, 0) is 0 Å². The Morgan fingerprint density at radius 2 is 1.71 bits per heavy atom. The van der Waals surface area contributed by atoms with Gasteiger partial charge >= 0.3 is 0 Å². The highest BCUT2D eigenvalue weighted by Gasteiger charge is 2.44. The zero-order valence-corrected chi connectivity index (χ0v) is 11.5. The molecule has 2 aliphatic rings. The molecule has 3 heteroatoms. The first-order valence-electron chi connectivity index (χ1n) is 6.80. The molecular weight excluding hydrogens is 210 g/mol. The van der Waals surface area contributed by atoms with Crippen LogP contribution in [0.3, 0.4) is 0 Å². The van der Waals surface area contributed by atoms with Gasteiger partial charge in [-0.25, -0.2) is 0 Å². The minimum atomic E-state index is 0.302. The van der Waals surface area contributed by atoms with Crippen molar-refractivity contribution in [2.75, 3.05) is 32.7 Å². The summed E-state index contributed by atoms with van der Waals surface area (Å²) in [5.74, 6) is 0. The van der Waals surface area contributed by atoms with Gasteiger partial charge in [0.1, 0.15) is 0 Å². The van der Waals surface area contributed by atoms with Gasteiger partial charge in [0.25, 0.3) is 0 Å². The Morgan fingerprint density at radius 1 is 1.12 bits per heavy atom. The minimum absolute atomic E-state index is 0.302. The summed E-state index contributed by atoms with van der Waals surface area (Å²) in [5, 5.41) is 8.84. The van der Waals surface area contributed by atoms with Crippen LogP contribution in [0.2, 0.25) is 0 Å². The normalized spacial score (nSPS) is 25.5. The molecule has 1 heterocycles. The van der Waals surface area contributed by atoms with Crippen LogP contribution in [0.15, 0.2) is 0 Å². The van der Waals surface area contributed by atoms with Crippen LogP contribution < -0.4 is 0 Å². The maximum atomic E-state index is 8.84. The number of piperazine rings is 1. The summed E-state index contributed by atoms with van der Waals surface area (Å²) in [6.45, 7) is 12.7. The second-order valence-electron chi connectivity index (χ2n) is 6.77. The molecule has 1 aliphatic carbocycles.